The van der Waals surface area contributed by atoms with Crippen molar-refractivity contribution in [1.82, 2.24) is 9.13 Å². The molecule has 0 unspecified atom stereocenters. The number of anilines is 1. The van der Waals surface area contributed by atoms with Crippen LogP contribution in [0.1, 0.15) is 6.92 Å². The van der Waals surface area contributed by atoms with Gasteiger partial charge in [-0.15, -0.1) is 0 Å². The van der Waals surface area contributed by atoms with Crippen molar-refractivity contribution in [3.63, 3.8) is 0 Å². The Morgan fingerprint density at radius 1 is 1.07 bits per heavy atom. The molecule has 0 radical (unpaired) electrons. The quantitative estimate of drug-likeness (QED) is 0.662. The van der Waals surface area contributed by atoms with Crippen molar-refractivity contribution in [1.29, 1.82) is 0 Å². The molecule has 3 aromatic rings. The highest BCUT2D eigenvalue weighted by molar-refractivity contribution is 5.90. The van der Waals surface area contributed by atoms with Gasteiger partial charge in [0, 0.05) is 18.1 Å². The van der Waals surface area contributed by atoms with Crippen LogP contribution in [-0.2, 0) is 11.3 Å². The molecule has 1 N–H and O–H groups in total. The van der Waals surface area contributed by atoms with Crippen LogP contribution < -0.4 is 21.2 Å². The summed E-state index contributed by atoms with van der Waals surface area (Å²) in [5.41, 5.74) is -0.976. The number of hydrogen-bond donors (Lipinski definition) is 1. The van der Waals surface area contributed by atoms with E-state index in [1.807, 2.05) is 6.92 Å². The number of rotatable bonds is 6. The second-order valence-electron chi connectivity index (χ2n) is 5.87. The molecule has 1 amide bonds. The third-order valence-corrected chi connectivity index (χ3v) is 3.91. The fraction of sp³-hybridized carbons (Fsp3) is 0.150. The SMILES string of the molecule is CCOc1ccccc1-n1ccn(CC(=O)Nc2cccc(F)c2)c(=O)c1=O. The molecule has 3 rings (SSSR count). The lowest BCUT2D eigenvalue weighted by atomic mass is 10.3. The van der Waals surface area contributed by atoms with Crippen LogP contribution in [0.4, 0.5) is 10.1 Å². The van der Waals surface area contributed by atoms with Crippen molar-refractivity contribution < 1.29 is 13.9 Å². The molecule has 0 aliphatic rings. The van der Waals surface area contributed by atoms with Crippen LogP contribution in [0.2, 0.25) is 0 Å². The first-order chi connectivity index (χ1) is 13.5. The lowest BCUT2D eigenvalue weighted by Gasteiger charge is -2.13. The number of amides is 1. The highest BCUT2D eigenvalue weighted by Gasteiger charge is 2.13. The monoisotopic (exact) mass is 383 g/mol. The van der Waals surface area contributed by atoms with Gasteiger partial charge in [0.15, 0.2) is 0 Å². The molecule has 0 spiro atoms. The standard InChI is InChI=1S/C20H18FN3O4/c1-2-28-17-9-4-3-8-16(17)24-11-10-23(19(26)20(24)27)13-18(25)22-15-7-5-6-14(21)12-15/h3-12H,2,13H2,1H3,(H,22,25). The fourth-order valence-corrected chi connectivity index (χ4v) is 2.68. The van der Waals surface area contributed by atoms with Crippen molar-refractivity contribution in [2.24, 2.45) is 0 Å². The van der Waals surface area contributed by atoms with Gasteiger partial charge in [-0.05, 0) is 37.3 Å². The van der Waals surface area contributed by atoms with Gasteiger partial charge in [0.05, 0.1) is 12.3 Å². The summed E-state index contributed by atoms with van der Waals surface area (Å²) >= 11 is 0. The molecule has 0 saturated heterocycles. The van der Waals surface area contributed by atoms with Crippen LogP contribution in [0.5, 0.6) is 5.75 Å². The van der Waals surface area contributed by atoms with E-state index in [2.05, 4.69) is 5.32 Å². The molecule has 0 fully saturated rings. The molecule has 28 heavy (non-hydrogen) atoms. The van der Waals surface area contributed by atoms with Gasteiger partial charge >= 0.3 is 11.1 Å². The van der Waals surface area contributed by atoms with Gasteiger partial charge in [0.25, 0.3) is 0 Å². The minimum atomic E-state index is -0.858. The van der Waals surface area contributed by atoms with Gasteiger partial charge in [-0.25, -0.2) is 4.39 Å². The molecule has 0 bridgehead atoms. The summed E-state index contributed by atoms with van der Waals surface area (Å²) in [5, 5.41) is 2.48. The highest BCUT2D eigenvalue weighted by atomic mass is 19.1. The van der Waals surface area contributed by atoms with E-state index in [-0.39, 0.29) is 12.2 Å². The van der Waals surface area contributed by atoms with Gasteiger partial charge in [-0.2, -0.15) is 0 Å². The maximum Gasteiger partial charge on any atom is 0.321 e. The zero-order valence-electron chi connectivity index (χ0n) is 15.1. The highest BCUT2D eigenvalue weighted by Crippen LogP contribution is 2.20. The molecule has 0 aliphatic carbocycles. The van der Waals surface area contributed by atoms with Crippen LogP contribution in [0.3, 0.4) is 0 Å². The summed E-state index contributed by atoms with van der Waals surface area (Å²) in [5.74, 6) is -0.585. The number of nitrogens with one attached hydrogen (secondary N) is 1. The first-order valence-electron chi connectivity index (χ1n) is 8.59. The maximum absolute atomic E-state index is 13.2. The molecule has 8 heteroatoms. The summed E-state index contributed by atoms with van der Waals surface area (Å²) in [6.07, 6.45) is 2.74. The molecule has 0 atom stereocenters. The molecule has 2 aromatic carbocycles. The smallest absolute Gasteiger partial charge is 0.321 e. The van der Waals surface area contributed by atoms with E-state index < -0.39 is 22.8 Å². The number of halogens is 1. The van der Waals surface area contributed by atoms with E-state index in [1.54, 1.807) is 24.3 Å². The van der Waals surface area contributed by atoms with Crippen LogP contribution in [0, 0.1) is 5.82 Å². The van der Waals surface area contributed by atoms with E-state index in [1.165, 1.54) is 35.2 Å². The molecule has 0 saturated carbocycles. The number of hydrogen-bond acceptors (Lipinski definition) is 4. The van der Waals surface area contributed by atoms with Gasteiger partial charge in [-0.3, -0.25) is 23.5 Å². The third kappa shape index (κ3) is 4.17. The fourth-order valence-electron chi connectivity index (χ4n) is 2.68. The Labute approximate surface area is 159 Å². The molecule has 7 nitrogen and oxygen atoms in total. The predicted molar refractivity (Wildman–Crippen MR) is 102 cm³/mol. The number of nitrogens with zero attached hydrogens (tertiary/aromatic N) is 2. The average molecular weight is 383 g/mol. The van der Waals surface area contributed by atoms with E-state index in [4.69, 9.17) is 4.74 Å². The number of carbonyl (C=O) groups excluding carboxylic acids is 1. The Morgan fingerprint density at radius 2 is 1.86 bits per heavy atom. The topological polar surface area (TPSA) is 82.3 Å². The Morgan fingerprint density at radius 3 is 2.61 bits per heavy atom. The van der Waals surface area contributed by atoms with Gasteiger partial charge in [0.2, 0.25) is 5.91 Å². The summed E-state index contributed by atoms with van der Waals surface area (Å²) in [4.78, 5) is 37.1. The second-order valence-corrected chi connectivity index (χ2v) is 5.87. The summed E-state index contributed by atoms with van der Waals surface area (Å²) in [6.45, 7) is 1.84. The van der Waals surface area contributed by atoms with Crippen molar-refractivity contribution in [3.05, 3.63) is 87.4 Å². The molecule has 1 heterocycles. The van der Waals surface area contributed by atoms with Crippen LogP contribution in [-0.4, -0.2) is 21.6 Å². The number of para-hydroxylation sites is 2. The number of carbonyl (C=O) groups is 1. The predicted octanol–water partition coefficient (Wildman–Crippen LogP) is 2.18. The Hall–Kier alpha value is -3.68. The maximum atomic E-state index is 13.2. The normalized spacial score (nSPS) is 10.5. The Bertz CT molecular complexity index is 1120. The Kier molecular flexibility index (Phi) is 5.69. The number of aromatic nitrogens is 2. The molecule has 144 valence electrons. The minimum absolute atomic E-state index is 0.261. The van der Waals surface area contributed by atoms with Crippen LogP contribution in [0.15, 0.2) is 70.5 Å². The molecule has 1 aromatic heterocycles. The average Bonchev–Trinajstić information content (AvgIpc) is 2.67. The summed E-state index contributed by atoms with van der Waals surface area (Å²) in [7, 11) is 0. The van der Waals surface area contributed by atoms with Crippen molar-refractivity contribution in [3.8, 4) is 11.4 Å². The van der Waals surface area contributed by atoms with Gasteiger partial charge in [0.1, 0.15) is 18.1 Å². The van der Waals surface area contributed by atoms with E-state index in [0.29, 0.717) is 18.0 Å². The first kappa shape index (κ1) is 19.1. The van der Waals surface area contributed by atoms with Crippen LogP contribution in [0.25, 0.3) is 5.69 Å². The largest absolute Gasteiger partial charge is 0.492 e. The first-order valence-corrected chi connectivity index (χ1v) is 8.59. The van der Waals surface area contributed by atoms with Crippen molar-refractivity contribution in [2.45, 2.75) is 13.5 Å². The summed E-state index contributed by atoms with van der Waals surface area (Å²) in [6, 6.07) is 12.2. The lowest BCUT2D eigenvalue weighted by molar-refractivity contribution is -0.116. The van der Waals surface area contributed by atoms with Gasteiger partial charge in [-0.1, -0.05) is 18.2 Å². The molecular weight excluding hydrogens is 365 g/mol. The van der Waals surface area contributed by atoms with Crippen LogP contribution >= 0.6 is 0 Å². The van der Waals surface area contributed by atoms with E-state index in [0.717, 1.165) is 10.6 Å². The molecular formula is C20H18FN3O4. The Balaban J connectivity index is 1.86. The van der Waals surface area contributed by atoms with E-state index >= 15 is 0 Å². The summed E-state index contributed by atoms with van der Waals surface area (Å²) < 4.78 is 20.9. The lowest BCUT2D eigenvalue weighted by Crippen LogP contribution is -2.41. The molecule has 0 aliphatic heterocycles. The van der Waals surface area contributed by atoms with E-state index in [9.17, 15) is 18.8 Å². The second kappa shape index (κ2) is 8.34. The van der Waals surface area contributed by atoms with Crippen molar-refractivity contribution >= 4 is 11.6 Å². The van der Waals surface area contributed by atoms with Crippen molar-refractivity contribution in [2.75, 3.05) is 11.9 Å². The van der Waals surface area contributed by atoms with Gasteiger partial charge < -0.3 is 10.1 Å². The minimum Gasteiger partial charge on any atom is -0.492 e. The number of benzene rings is 2. The zero-order valence-corrected chi connectivity index (χ0v) is 15.1. The zero-order chi connectivity index (χ0) is 20.1. The number of ether oxygens (including phenoxy) is 1. The third-order valence-electron chi connectivity index (χ3n) is 3.91.